The van der Waals surface area contributed by atoms with Crippen LogP contribution in [0.5, 0.6) is 0 Å². The second-order valence-corrected chi connectivity index (χ2v) is 9.43. The van der Waals surface area contributed by atoms with E-state index in [4.69, 9.17) is 16.3 Å². The molecule has 0 saturated heterocycles. The molecule has 0 aliphatic carbocycles. The number of hydrogen-bond acceptors (Lipinski definition) is 6. The molecule has 0 atom stereocenters. The molecule has 3 rings (SSSR count). The van der Waals surface area contributed by atoms with Crippen molar-refractivity contribution in [3.63, 3.8) is 0 Å². The number of thiazole rings is 1. The molecule has 0 bridgehead atoms. The first-order valence-electron chi connectivity index (χ1n) is 8.18. The smallest absolute Gasteiger partial charge is 0.338 e. The fourth-order valence-electron chi connectivity index (χ4n) is 2.35. The van der Waals surface area contributed by atoms with Gasteiger partial charge in [0.15, 0.2) is 0 Å². The monoisotopic (exact) mass is 436 g/mol. The minimum absolute atomic E-state index is 0.0234. The van der Waals surface area contributed by atoms with Crippen LogP contribution >= 0.6 is 22.9 Å². The van der Waals surface area contributed by atoms with Gasteiger partial charge < -0.3 is 4.74 Å². The number of halogens is 1. The van der Waals surface area contributed by atoms with Crippen LogP contribution in [0.3, 0.4) is 0 Å². The predicted molar refractivity (Wildman–Crippen MR) is 109 cm³/mol. The van der Waals surface area contributed by atoms with Gasteiger partial charge in [-0.1, -0.05) is 35.9 Å². The number of hydrogen-bond donors (Lipinski definition) is 0. The molecule has 0 unspecified atom stereocenters. The van der Waals surface area contributed by atoms with E-state index in [2.05, 4.69) is 4.98 Å². The number of carbonyl (C=O) groups is 1. The van der Waals surface area contributed by atoms with Crippen molar-refractivity contribution in [1.29, 1.82) is 0 Å². The summed E-state index contributed by atoms with van der Waals surface area (Å²) in [5.41, 5.74) is 1.56. The van der Waals surface area contributed by atoms with Crippen molar-refractivity contribution in [1.82, 2.24) is 9.29 Å². The molecule has 0 radical (unpaired) electrons. The number of esters is 1. The van der Waals surface area contributed by atoms with E-state index in [1.807, 2.05) is 18.2 Å². The van der Waals surface area contributed by atoms with Gasteiger partial charge >= 0.3 is 5.97 Å². The van der Waals surface area contributed by atoms with Gasteiger partial charge in [0.25, 0.3) is 0 Å². The van der Waals surface area contributed by atoms with Gasteiger partial charge in [-0.05, 0) is 24.3 Å². The Morgan fingerprint density at radius 2 is 1.93 bits per heavy atom. The standard InChI is InChI=1S/C19H17ClN2O4S2/c1-22(2)28(24,25)15-7-5-6-13(10-15)19(23)26-11-14-12-27-18(21-14)16-8-3-4-9-17(16)20/h3-10,12H,11H2,1-2H3. The second kappa shape index (κ2) is 8.40. The van der Waals surface area contributed by atoms with Gasteiger partial charge in [0, 0.05) is 25.0 Å². The Kier molecular flexibility index (Phi) is 6.14. The van der Waals surface area contributed by atoms with Gasteiger partial charge in [-0.3, -0.25) is 0 Å². The zero-order valence-corrected chi connectivity index (χ0v) is 17.5. The number of rotatable bonds is 6. The molecule has 1 aromatic heterocycles. The van der Waals surface area contributed by atoms with Crippen molar-refractivity contribution in [3.05, 3.63) is 70.2 Å². The molecule has 6 nitrogen and oxygen atoms in total. The third-order valence-electron chi connectivity index (χ3n) is 3.86. The second-order valence-electron chi connectivity index (χ2n) is 6.02. The van der Waals surface area contributed by atoms with E-state index in [1.54, 1.807) is 11.4 Å². The quantitative estimate of drug-likeness (QED) is 0.544. The minimum atomic E-state index is -3.63. The first-order chi connectivity index (χ1) is 13.3. The topological polar surface area (TPSA) is 76.6 Å². The van der Waals surface area contributed by atoms with Crippen LogP contribution in [-0.4, -0.2) is 37.8 Å². The summed E-state index contributed by atoms with van der Waals surface area (Å²) in [6.45, 7) is -0.0234. The first-order valence-corrected chi connectivity index (χ1v) is 10.9. The maximum Gasteiger partial charge on any atom is 0.338 e. The number of nitrogens with zero attached hydrogens (tertiary/aromatic N) is 2. The van der Waals surface area contributed by atoms with E-state index in [1.165, 1.54) is 49.7 Å². The number of sulfonamides is 1. The molecule has 2 aromatic carbocycles. The summed E-state index contributed by atoms with van der Waals surface area (Å²) in [4.78, 5) is 16.8. The minimum Gasteiger partial charge on any atom is -0.456 e. The van der Waals surface area contributed by atoms with Crippen molar-refractivity contribution in [3.8, 4) is 10.6 Å². The van der Waals surface area contributed by atoms with Crippen LogP contribution in [0.2, 0.25) is 5.02 Å². The molecule has 146 valence electrons. The Bertz CT molecular complexity index is 1110. The lowest BCUT2D eigenvalue weighted by atomic mass is 10.2. The van der Waals surface area contributed by atoms with Crippen LogP contribution in [-0.2, 0) is 21.4 Å². The molecule has 0 fully saturated rings. The molecule has 9 heteroatoms. The van der Waals surface area contributed by atoms with Gasteiger partial charge in [-0.15, -0.1) is 11.3 Å². The summed E-state index contributed by atoms with van der Waals surface area (Å²) < 4.78 is 30.8. The summed E-state index contributed by atoms with van der Waals surface area (Å²) in [6.07, 6.45) is 0. The highest BCUT2D eigenvalue weighted by Crippen LogP contribution is 2.30. The lowest BCUT2D eigenvalue weighted by molar-refractivity contribution is 0.0468. The average Bonchev–Trinajstić information content (AvgIpc) is 3.15. The Hall–Kier alpha value is -2.26. The van der Waals surface area contributed by atoms with Crippen LogP contribution in [0.1, 0.15) is 16.1 Å². The fraction of sp³-hybridized carbons (Fsp3) is 0.158. The van der Waals surface area contributed by atoms with E-state index < -0.39 is 16.0 Å². The van der Waals surface area contributed by atoms with Crippen LogP contribution in [0.4, 0.5) is 0 Å². The predicted octanol–water partition coefficient (Wildman–Crippen LogP) is 4.07. The Morgan fingerprint density at radius 3 is 2.64 bits per heavy atom. The molecule has 0 amide bonds. The summed E-state index contributed by atoms with van der Waals surface area (Å²) in [5, 5.41) is 3.12. The molecule has 0 saturated carbocycles. The molecule has 0 spiro atoms. The maximum absolute atomic E-state index is 12.3. The van der Waals surface area contributed by atoms with Crippen molar-refractivity contribution >= 4 is 38.9 Å². The Labute approximate surface area is 172 Å². The number of ether oxygens (including phenoxy) is 1. The van der Waals surface area contributed by atoms with Gasteiger partial charge in [0.2, 0.25) is 10.0 Å². The molecule has 28 heavy (non-hydrogen) atoms. The highest BCUT2D eigenvalue weighted by atomic mass is 35.5. The lowest BCUT2D eigenvalue weighted by Gasteiger charge is -2.12. The Balaban J connectivity index is 1.71. The Morgan fingerprint density at radius 1 is 1.18 bits per heavy atom. The summed E-state index contributed by atoms with van der Waals surface area (Å²) in [5.74, 6) is -0.622. The normalized spacial score (nSPS) is 11.6. The van der Waals surface area contributed by atoms with Crippen LogP contribution in [0.15, 0.2) is 58.8 Å². The molecule has 1 heterocycles. The highest BCUT2D eigenvalue weighted by Gasteiger charge is 2.19. The fourth-order valence-corrected chi connectivity index (χ4v) is 4.42. The summed E-state index contributed by atoms with van der Waals surface area (Å²) in [7, 11) is -0.770. The van der Waals surface area contributed by atoms with E-state index in [0.717, 1.165) is 14.9 Å². The molecule has 3 aromatic rings. The molecule has 0 aliphatic heterocycles. The molecular weight excluding hydrogens is 420 g/mol. The average molecular weight is 437 g/mol. The third kappa shape index (κ3) is 4.41. The number of carbonyl (C=O) groups excluding carboxylic acids is 1. The summed E-state index contributed by atoms with van der Waals surface area (Å²) in [6, 6.07) is 13.1. The molecular formula is C19H17ClN2O4S2. The highest BCUT2D eigenvalue weighted by molar-refractivity contribution is 7.89. The van der Waals surface area contributed by atoms with Gasteiger partial charge in [-0.25, -0.2) is 22.5 Å². The van der Waals surface area contributed by atoms with E-state index >= 15 is 0 Å². The lowest BCUT2D eigenvalue weighted by Crippen LogP contribution is -2.22. The SMILES string of the molecule is CN(C)S(=O)(=O)c1cccc(C(=O)OCc2csc(-c3ccccc3Cl)n2)c1. The van der Waals surface area contributed by atoms with E-state index in [9.17, 15) is 13.2 Å². The van der Waals surface area contributed by atoms with Gasteiger partial charge in [0.1, 0.15) is 11.6 Å². The van der Waals surface area contributed by atoms with Crippen LogP contribution < -0.4 is 0 Å². The zero-order chi connectivity index (χ0) is 20.3. The first kappa shape index (κ1) is 20.5. The van der Waals surface area contributed by atoms with Crippen molar-refractivity contribution in [2.45, 2.75) is 11.5 Å². The van der Waals surface area contributed by atoms with E-state index in [0.29, 0.717) is 10.7 Å². The third-order valence-corrected chi connectivity index (χ3v) is 6.92. The van der Waals surface area contributed by atoms with E-state index in [-0.39, 0.29) is 17.1 Å². The zero-order valence-electron chi connectivity index (χ0n) is 15.1. The molecule has 0 N–H and O–H groups in total. The largest absolute Gasteiger partial charge is 0.456 e. The summed E-state index contributed by atoms with van der Waals surface area (Å²) >= 11 is 7.58. The van der Waals surface area contributed by atoms with Crippen molar-refractivity contribution in [2.24, 2.45) is 0 Å². The van der Waals surface area contributed by atoms with Gasteiger partial charge in [-0.2, -0.15) is 0 Å². The number of benzene rings is 2. The van der Waals surface area contributed by atoms with Crippen molar-refractivity contribution in [2.75, 3.05) is 14.1 Å². The van der Waals surface area contributed by atoms with Crippen LogP contribution in [0, 0.1) is 0 Å². The van der Waals surface area contributed by atoms with Crippen LogP contribution in [0.25, 0.3) is 10.6 Å². The molecule has 0 aliphatic rings. The van der Waals surface area contributed by atoms with Gasteiger partial charge in [0.05, 0.1) is 21.2 Å². The maximum atomic E-state index is 12.3. The van der Waals surface area contributed by atoms with Crippen molar-refractivity contribution < 1.29 is 17.9 Å². The number of aromatic nitrogens is 1.